The highest BCUT2D eigenvalue weighted by atomic mass is 32.2. The standard InChI is InChI=1S/C17H19NO4S/c1-11-5-6-12(2)15(9-11)18-23(20,21)16-10-14(17(19)22-4)8-7-13(16)3/h5-10,18H,1-4H3. The zero-order valence-corrected chi connectivity index (χ0v) is 14.3. The summed E-state index contributed by atoms with van der Waals surface area (Å²) in [6.07, 6.45) is 0. The lowest BCUT2D eigenvalue weighted by Gasteiger charge is -2.13. The molecule has 0 bridgehead atoms. The molecule has 0 radical (unpaired) electrons. The Kier molecular flexibility index (Phi) is 4.75. The minimum absolute atomic E-state index is 0.0568. The summed E-state index contributed by atoms with van der Waals surface area (Å²) < 4.78 is 32.6. The van der Waals surface area contributed by atoms with Crippen molar-refractivity contribution in [3.05, 3.63) is 58.7 Å². The third-order valence-electron chi connectivity index (χ3n) is 3.54. The van der Waals surface area contributed by atoms with Crippen LogP contribution in [0.1, 0.15) is 27.0 Å². The molecule has 0 amide bonds. The fourth-order valence-corrected chi connectivity index (χ4v) is 3.57. The Morgan fingerprint density at radius 3 is 2.30 bits per heavy atom. The van der Waals surface area contributed by atoms with E-state index in [9.17, 15) is 13.2 Å². The van der Waals surface area contributed by atoms with E-state index in [2.05, 4.69) is 9.46 Å². The van der Waals surface area contributed by atoms with E-state index in [0.29, 0.717) is 11.3 Å². The van der Waals surface area contributed by atoms with Gasteiger partial charge in [-0.25, -0.2) is 13.2 Å². The van der Waals surface area contributed by atoms with Crippen molar-refractivity contribution in [2.45, 2.75) is 25.7 Å². The van der Waals surface area contributed by atoms with E-state index in [1.807, 2.05) is 26.0 Å². The van der Waals surface area contributed by atoms with Crippen molar-refractivity contribution in [2.24, 2.45) is 0 Å². The molecule has 0 aliphatic rings. The second kappa shape index (κ2) is 6.42. The summed E-state index contributed by atoms with van der Waals surface area (Å²) in [5, 5.41) is 0. The minimum atomic E-state index is -3.81. The Morgan fingerprint density at radius 1 is 1.00 bits per heavy atom. The third-order valence-corrected chi connectivity index (χ3v) is 5.04. The molecule has 0 spiro atoms. The van der Waals surface area contributed by atoms with Gasteiger partial charge in [-0.2, -0.15) is 0 Å². The number of nitrogens with one attached hydrogen (secondary N) is 1. The van der Waals surface area contributed by atoms with Crippen molar-refractivity contribution < 1.29 is 17.9 Å². The van der Waals surface area contributed by atoms with Crippen LogP contribution < -0.4 is 4.72 Å². The zero-order valence-electron chi connectivity index (χ0n) is 13.5. The molecule has 122 valence electrons. The van der Waals surface area contributed by atoms with E-state index >= 15 is 0 Å². The number of carbonyl (C=O) groups is 1. The maximum absolute atomic E-state index is 12.7. The molecule has 0 saturated carbocycles. The summed E-state index contributed by atoms with van der Waals surface area (Å²) in [7, 11) is -2.55. The fourth-order valence-electron chi connectivity index (χ4n) is 2.18. The van der Waals surface area contributed by atoms with E-state index in [1.54, 1.807) is 19.1 Å². The van der Waals surface area contributed by atoms with E-state index in [0.717, 1.165) is 11.1 Å². The van der Waals surface area contributed by atoms with Gasteiger partial charge >= 0.3 is 5.97 Å². The molecular formula is C17H19NO4S. The number of carbonyl (C=O) groups excluding carboxylic acids is 1. The molecule has 2 aromatic rings. The largest absolute Gasteiger partial charge is 0.465 e. The number of benzene rings is 2. The number of anilines is 1. The predicted octanol–water partition coefficient (Wildman–Crippen LogP) is 3.20. The molecule has 2 rings (SSSR count). The maximum Gasteiger partial charge on any atom is 0.337 e. The van der Waals surface area contributed by atoms with Crippen LogP contribution in [0.2, 0.25) is 0 Å². The number of sulfonamides is 1. The first kappa shape index (κ1) is 17.0. The molecule has 0 fully saturated rings. The summed E-state index contributed by atoms with van der Waals surface area (Å²) in [4.78, 5) is 11.7. The van der Waals surface area contributed by atoms with Gasteiger partial charge in [0.25, 0.3) is 10.0 Å². The van der Waals surface area contributed by atoms with Gasteiger partial charge in [-0.15, -0.1) is 0 Å². The summed E-state index contributed by atoms with van der Waals surface area (Å²) in [6, 6.07) is 9.99. The molecule has 0 unspecified atom stereocenters. The van der Waals surface area contributed by atoms with Crippen molar-refractivity contribution in [3.63, 3.8) is 0 Å². The van der Waals surface area contributed by atoms with Gasteiger partial charge in [0.1, 0.15) is 0 Å². The molecule has 23 heavy (non-hydrogen) atoms. The Bertz CT molecular complexity index is 857. The molecule has 0 saturated heterocycles. The molecule has 0 heterocycles. The minimum Gasteiger partial charge on any atom is -0.465 e. The number of esters is 1. The van der Waals surface area contributed by atoms with Crippen LogP contribution in [0.4, 0.5) is 5.69 Å². The Balaban J connectivity index is 2.47. The number of rotatable bonds is 4. The van der Waals surface area contributed by atoms with Crippen LogP contribution in [0.5, 0.6) is 0 Å². The quantitative estimate of drug-likeness (QED) is 0.872. The summed E-state index contributed by atoms with van der Waals surface area (Å²) in [5.74, 6) is -0.576. The smallest absolute Gasteiger partial charge is 0.337 e. The van der Waals surface area contributed by atoms with Gasteiger partial charge in [0.2, 0.25) is 0 Å². The van der Waals surface area contributed by atoms with Crippen LogP contribution in [0.3, 0.4) is 0 Å². The first-order chi connectivity index (χ1) is 10.7. The second-order valence-corrected chi connectivity index (χ2v) is 7.05. The number of hydrogen-bond acceptors (Lipinski definition) is 4. The fraction of sp³-hybridized carbons (Fsp3) is 0.235. The van der Waals surface area contributed by atoms with Gasteiger partial charge in [0.15, 0.2) is 0 Å². The molecule has 0 aliphatic heterocycles. The SMILES string of the molecule is COC(=O)c1ccc(C)c(S(=O)(=O)Nc2cc(C)ccc2C)c1. The van der Waals surface area contributed by atoms with Crippen LogP contribution in [-0.2, 0) is 14.8 Å². The Hall–Kier alpha value is -2.34. The molecule has 0 aliphatic carbocycles. The van der Waals surface area contributed by atoms with Crippen molar-refractivity contribution in [2.75, 3.05) is 11.8 Å². The van der Waals surface area contributed by atoms with Gasteiger partial charge in [-0.1, -0.05) is 18.2 Å². The van der Waals surface area contributed by atoms with Crippen LogP contribution in [0.15, 0.2) is 41.3 Å². The Labute approximate surface area is 136 Å². The van der Waals surface area contributed by atoms with E-state index in [1.165, 1.54) is 19.2 Å². The molecule has 2 aromatic carbocycles. The van der Waals surface area contributed by atoms with Crippen molar-refractivity contribution in [3.8, 4) is 0 Å². The molecule has 1 N–H and O–H groups in total. The topological polar surface area (TPSA) is 72.5 Å². The Morgan fingerprint density at radius 2 is 1.65 bits per heavy atom. The van der Waals surface area contributed by atoms with Gasteiger partial charge in [0, 0.05) is 0 Å². The average molecular weight is 333 g/mol. The lowest BCUT2D eigenvalue weighted by Crippen LogP contribution is -2.16. The van der Waals surface area contributed by atoms with E-state index < -0.39 is 16.0 Å². The monoisotopic (exact) mass is 333 g/mol. The third kappa shape index (κ3) is 3.71. The summed E-state index contributed by atoms with van der Waals surface area (Å²) in [5.41, 5.74) is 3.04. The first-order valence-corrected chi connectivity index (χ1v) is 8.52. The zero-order chi connectivity index (χ0) is 17.2. The highest BCUT2D eigenvalue weighted by Crippen LogP contribution is 2.24. The molecule has 0 aromatic heterocycles. The first-order valence-electron chi connectivity index (χ1n) is 7.03. The van der Waals surface area contributed by atoms with Crippen LogP contribution in [0.25, 0.3) is 0 Å². The predicted molar refractivity (Wildman–Crippen MR) is 89.2 cm³/mol. The number of aryl methyl sites for hydroxylation is 3. The summed E-state index contributed by atoms with van der Waals surface area (Å²) in [6.45, 7) is 5.40. The van der Waals surface area contributed by atoms with Gasteiger partial charge in [-0.05, 0) is 55.7 Å². The van der Waals surface area contributed by atoms with E-state index in [4.69, 9.17) is 0 Å². The van der Waals surface area contributed by atoms with Gasteiger partial charge in [0.05, 0.1) is 23.3 Å². The van der Waals surface area contributed by atoms with Crippen molar-refractivity contribution in [1.29, 1.82) is 0 Å². The number of methoxy groups -OCH3 is 1. The highest BCUT2D eigenvalue weighted by Gasteiger charge is 2.20. The number of hydrogen-bond donors (Lipinski definition) is 1. The van der Waals surface area contributed by atoms with Crippen LogP contribution >= 0.6 is 0 Å². The highest BCUT2D eigenvalue weighted by molar-refractivity contribution is 7.92. The molecule has 6 heteroatoms. The van der Waals surface area contributed by atoms with Crippen LogP contribution in [0, 0.1) is 20.8 Å². The van der Waals surface area contributed by atoms with Gasteiger partial charge < -0.3 is 4.74 Å². The van der Waals surface area contributed by atoms with Gasteiger partial charge in [-0.3, -0.25) is 4.72 Å². The molecular weight excluding hydrogens is 314 g/mol. The molecule has 5 nitrogen and oxygen atoms in total. The van der Waals surface area contributed by atoms with Crippen molar-refractivity contribution in [1.82, 2.24) is 0 Å². The van der Waals surface area contributed by atoms with Crippen LogP contribution in [-0.4, -0.2) is 21.5 Å². The normalized spacial score (nSPS) is 11.1. The number of ether oxygens (including phenoxy) is 1. The van der Waals surface area contributed by atoms with Crippen molar-refractivity contribution >= 4 is 21.7 Å². The lowest BCUT2D eigenvalue weighted by molar-refractivity contribution is 0.0600. The average Bonchev–Trinajstić information content (AvgIpc) is 2.50. The summed E-state index contributed by atoms with van der Waals surface area (Å²) >= 11 is 0. The van der Waals surface area contributed by atoms with E-state index in [-0.39, 0.29) is 10.5 Å². The maximum atomic E-state index is 12.7. The molecule has 0 atom stereocenters. The second-order valence-electron chi connectivity index (χ2n) is 5.40. The lowest BCUT2D eigenvalue weighted by atomic mass is 10.1.